The summed E-state index contributed by atoms with van der Waals surface area (Å²) in [6.07, 6.45) is 1.22. The molecule has 1 fully saturated rings. The number of nitrogens with zero attached hydrogens (tertiary/aromatic N) is 4. The molecular formula is C28H37N5O4S. The van der Waals surface area contributed by atoms with Gasteiger partial charge in [0, 0.05) is 44.4 Å². The fourth-order valence-corrected chi connectivity index (χ4v) is 5.22. The molecule has 1 N–H and O–H groups in total. The summed E-state index contributed by atoms with van der Waals surface area (Å²) in [7, 11) is -3.18. The van der Waals surface area contributed by atoms with Gasteiger partial charge in [-0.2, -0.15) is 0 Å². The summed E-state index contributed by atoms with van der Waals surface area (Å²) in [5.74, 6) is 1.10. The van der Waals surface area contributed by atoms with E-state index in [1.807, 2.05) is 57.2 Å². The zero-order chi connectivity index (χ0) is 27.3. The van der Waals surface area contributed by atoms with Crippen LogP contribution in [0.25, 0.3) is 10.9 Å². The first-order valence-electron chi connectivity index (χ1n) is 13.1. The van der Waals surface area contributed by atoms with Crippen LogP contribution in [-0.2, 0) is 32.5 Å². The van der Waals surface area contributed by atoms with E-state index in [2.05, 4.69) is 15.1 Å². The van der Waals surface area contributed by atoms with Crippen LogP contribution in [-0.4, -0.2) is 79.2 Å². The van der Waals surface area contributed by atoms with Crippen molar-refractivity contribution in [2.75, 3.05) is 44.4 Å². The quantitative estimate of drug-likeness (QED) is 0.388. The van der Waals surface area contributed by atoms with Gasteiger partial charge in [0.1, 0.15) is 17.7 Å². The van der Waals surface area contributed by atoms with Crippen molar-refractivity contribution in [3.8, 4) is 0 Å². The number of piperazine rings is 1. The van der Waals surface area contributed by atoms with Gasteiger partial charge in [-0.1, -0.05) is 38.1 Å². The number of aromatic nitrogens is 2. The van der Waals surface area contributed by atoms with Crippen molar-refractivity contribution in [1.29, 1.82) is 0 Å². The monoisotopic (exact) mass is 539 g/mol. The Morgan fingerprint density at radius 3 is 2.21 bits per heavy atom. The average Bonchev–Trinajstić information content (AvgIpc) is 2.88. The molecule has 4 rings (SSSR count). The molecule has 0 bridgehead atoms. The molecule has 1 aliphatic rings. The van der Waals surface area contributed by atoms with Crippen LogP contribution in [0.3, 0.4) is 0 Å². The number of hydrogen-bond donors (Lipinski definition) is 1. The molecule has 204 valence electrons. The number of ether oxygens (including phenoxy) is 1. The lowest BCUT2D eigenvalue weighted by Gasteiger charge is -2.34. The SMILES string of the molecule is CCOC(=O)[C@@H](Nc1nc(CN2CCN(Cc3ccc(S(C)(=O)=O)cc3)CC2)nc2ccccc12)C(C)C. The van der Waals surface area contributed by atoms with Crippen LogP contribution in [0.1, 0.15) is 32.2 Å². The number of hydrogen-bond acceptors (Lipinski definition) is 9. The van der Waals surface area contributed by atoms with E-state index in [1.165, 1.54) is 6.26 Å². The van der Waals surface area contributed by atoms with Gasteiger partial charge in [0.2, 0.25) is 0 Å². The Morgan fingerprint density at radius 1 is 0.974 bits per heavy atom. The summed E-state index contributed by atoms with van der Waals surface area (Å²) in [5.41, 5.74) is 1.93. The number of anilines is 1. The minimum Gasteiger partial charge on any atom is -0.464 e. The largest absolute Gasteiger partial charge is 0.464 e. The highest BCUT2D eigenvalue weighted by Gasteiger charge is 2.25. The first kappa shape index (κ1) is 27.9. The summed E-state index contributed by atoms with van der Waals surface area (Å²) in [5, 5.41) is 4.21. The second-order valence-corrected chi connectivity index (χ2v) is 12.1. The molecule has 9 nitrogen and oxygen atoms in total. The van der Waals surface area contributed by atoms with Crippen molar-refractivity contribution in [1.82, 2.24) is 19.8 Å². The van der Waals surface area contributed by atoms with E-state index in [9.17, 15) is 13.2 Å². The number of sulfone groups is 1. The van der Waals surface area contributed by atoms with Crippen molar-refractivity contribution in [3.05, 3.63) is 59.9 Å². The Kier molecular flexibility index (Phi) is 8.96. The molecule has 3 aromatic rings. The second-order valence-electron chi connectivity index (χ2n) is 10.1. The van der Waals surface area contributed by atoms with Crippen LogP contribution in [0, 0.1) is 5.92 Å². The minimum atomic E-state index is -3.18. The van der Waals surface area contributed by atoms with Crippen LogP contribution in [0.5, 0.6) is 0 Å². The third kappa shape index (κ3) is 7.06. The standard InChI is InChI=1S/C28H37N5O4S/c1-5-37-28(34)26(20(2)3)31-27-23-8-6-7-9-24(23)29-25(30-27)19-33-16-14-32(15-17-33)18-21-10-12-22(13-11-21)38(4,35)36/h6-13,20,26H,5,14-19H2,1-4H3,(H,29,30,31)/t26-/m0/s1. The third-order valence-electron chi connectivity index (χ3n) is 6.74. The van der Waals surface area contributed by atoms with E-state index in [1.54, 1.807) is 12.1 Å². The van der Waals surface area contributed by atoms with Gasteiger partial charge in [0.05, 0.1) is 23.6 Å². The highest BCUT2D eigenvalue weighted by molar-refractivity contribution is 7.90. The van der Waals surface area contributed by atoms with E-state index in [0.29, 0.717) is 29.7 Å². The van der Waals surface area contributed by atoms with Crippen molar-refractivity contribution in [3.63, 3.8) is 0 Å². The molecule has 1 aliphatic heterocycles. The number of nitrogens with one attached hydrogen (secondary N) is 1. The Bertz CT molecular complexity index is 1350. The molecule has 2 aromatic carbocycles. The van der Waals surface area contributed by atoms with Gasteiger partial charge in [-0.3, -0.25) is 9.80 Å². The summed E-state index contributed by atoms with van der Waals surface area (Å²) in [6, 6.07) is 14.5. The number of carbonyl (C=O) groups excluding carboxylic acids is 1. The average molecular weight is 540 g/mol. The number of benzene rings is 2. The molecule has 0 saturated carbocycles. The van der Waals surface area contributed by atoms with Crippen LogP contribution >= 0.6 is 0 Å². The van der Waals surface area contributed by atoms with Crippen LogP contribution < -0.4 is 5.32 Å². The molecule has 2 heterocycles. The van der Waals surface area contributed by atoms with Crippen molar-refractivity contribution in [2.45, 2.75) is 44.8 Å². The number of rotatable bonds is 10. The second kappa shape index (κ2) is 12.2. The Morgan fingerprint density at radius 2 is 1.61 bits per heavy atom. The molecule has 0 spiro atoms. The summed E-state index contributed by atoms with van der Waals surface area (Å²) in [6.45, 7) is 11.0. The predicted molar refractivity (Wildman–Crippen MR) is 149 cm³/mol. The Hall–Kier alpha value is -3.08. The first-order valence-corrected chi connectivity index (χ1v) is 15.0. The molecule has 0 aliphatic carbocycles. The maximum Gasteiger partial charge on any atom is 0.328 e. The van der Waals surface area contributed by atoms with E-state index >= 15 is 0 Å². The van der Waals surface area contributed by atoms with E-state index in [0.717, 1.165) is 49.2 Å². The zero-order valence-corrected chi connectivity index (χ0v) is 23.4. The topological polar surface area (TPSA) is 105 Å². The van der Waals surface area contributed by atoms with Gasteiger partial charge in [-0.15, -0.1) is 0 Å². The number of para-hydroxylation sites is 1. The Balaban J connectivity index is 1.42. The highest BCUT2D eigenvalue weighted by atomic mass is 32.2. The maximum absolute atomic E-state index is 12.6. The normalized spacial score (nSPS) is 16.0. The van der Waals surface area contributed by atoms with Gasteiger partial charge < -0.3 is 10.1 Å². The zero-order valence-electron chi connectivity index (χ0n) is 22.6. The van der Waals surface area contributed by atoms with Crippen LogP contribution in [0.15, 0.2) is 53.4 Å². The molecule has 0 radical (unpaired) electrons. The molecule has 10 heteroatoms. The molecule has 38 heavy (non-hydrogen) atoms. The fraction of sp³-hybridized carbons (Fsp3) is 0.464. The van der Waals surface area contributed by atoms with Crippen molar-refractivity contribution < 1.29 is 17.9 Å². The van der Waals surface area contributed by atoms with Gasteiger partial charge >= 0.3 is 5.97 Å². The van der Waals surface area contributed by atoms with Gasteiger partial charge in [-0.25, -0.2) is 23.2 Å². The lowest BCUT2D eigenvalue weighted by atomic mass is 10.0. The molecule has 1 saturated heterocycles. The minimum absolute atomic E-state index is 0.0295. The van der Waals surface area contributed by atoms with Crippen LogP contribution in [0.2, 0.25) is 0 Å². The Labute approximate surface area is 225 Å². The van der Waals surface area contributed by atoms with E-state index in [4.69, 9.17) is 14.7 Å². The summed E-state index contributed by atoms with van der Waals surface area (Å²) in [4.78, 5) is 27.3. The molecular weight excluding hydrogens is 502 g/mol. The van der Waals surface area contributed by atoms with E-state index in [-0.39, 0.29) is 11.9 Å². The molecule has 0 unspecified atom stereocenters. The molecule has 0 amide bonds. The van der Waals surface area contributed by atoms with Gasteiger partial charge in [0.25, 0.3) is 0 Å². The fourth-order valence-electron chi connectivity index (χ4n) is 4.59. The highest BCUT2D eigenvalue weighted by Crippen LogP contribution is 2.23. The third-order valence-corrected chi connectivity index (χ3v) is 7.87. The number of carbonyl (C=O) groups is 1. The number of fused-ring (bicyclic) bond motifs is 1. The first-order chi connectivity index (χ1) is 18.1. The lowest BCUT2D eigenvalue weighted by Crippen LogP contribution is -2.45. The molecule has 1 atom stereocenters. The molecule has 1 aromatic heterocycles. The van der Waals surface area contributed by atoms with E-state index < -0.39 is 15.9 Å². The van der Waals surface area contributed by atoms with Gasteiger partial charge in [-0.05, 0) is 42.7 Å². The summed E-state index contributed by atoms with van der Waals surface area (Å²) >= 11 is 0. The lowest BCUT2D eigenvalue weighted by molar-refractivity contribution is -0.145. The van der Waals surface area contributed by atoms with Crippen LogP contribution in [0.4, 0.5) is 5.82 Å². The van der Waals surface area contributed by atoms with Gasteiger partial charge in [0.15, 0.2) is 9.84 Å². The summed E-state index contributed by atoms with van der Waals surface area (Å²) < 4.78 is 28.7. The number of esters is 1. The maximum atomic E-state index is 12.6. The van der Waals surface area contributed by atoms with Crippen molar-refractivity contribution in [2.24, 2.45) is 5.92 Å². The smallest absolute Gasteiger partial charge is 0.328 e. The predicted octanol–water partition coefficient (Wildman–Crippen LogP) is 3.35. The van der Waals surface area contributed by atoms with Crippen molar-refractivity contribution >= 4 is 32.5 Å².